The maximum atomic E-state index is 12.0. The third-order valence-electron chi connectivity index (χ3n) is 4.22. The first-order chi connectivity index (χ1) is 11.5. The molecule has 134 valence electrons. The second kappa shape index (κ2) is 10.7. The standard InChI is InChI=1S/C19H32N4O/c1-6-15(7-2)14-22-19(20-3)21-12-11-16-9-8-10-17(13-16)18(24)23(4)5/h8-10,13,15H,6-7,11-12,14H2,1-5H3,(H2,20,21,22). The van der Waals surface area contributed by atoms with Gasteiger partial charge in [-0.2, -0.15) is 0 Å². The van der Waals surface area contributed by atoms with Crippen LogP contribution in [-0.4, -0.2) is 51.0 Å². The van der Waals surface area contributed by atoms with Gasteiger partial charge in [-0.3, -0.25) is 9.79 Å². The Bertz CT molecular complexity index is 536. The molecule has 0 spiro atoms. The summed E-state index contributed by atoms with van der Waals surface area (Å²) in [5, 5.41) is 6.72. The molecule has 1 aromatic carbocycles. The normalized spacial score (nSPS) is 11.5. The minimum atomic E-state index is 0.0347. The highest BCUT2D eigenvalue weighted by molar-refractivity contribution is 5.94. The fourth-order valence-corrected chi connectivity index (χ4v) is 2.48. The summed E-state index contributed by atoms with van der Waals surface area (Å²) in [4.78, 5) is 17.9. The zero-order chi connectivity index (χ0) is 17.9. The number of benzene rings is 1. The first-order valence-electron chi connectivity index (χ1n) is 8.76. The van der Waals surface area contributed by atoms with Gasteiger partial charge < -0.3 is 15.5 Å². The first-order valence-corrected chi connectivity index (χ1v) is 8.76. The van der Waals surface area contributed by atoms with Crippen LogP contribution in [-0.2, 0) is 6.42 Å². The van der Waals surface area contributed by atoms with Gasteiger partial charge in [0.1, 0.15) is 0 Å². The van der Waals surface area contributed by atoms with Crippen LogP contribution in [0.2, 0.25) is 0 Å². The van der Waals surface area contributed by atoms with Gasteiger partial charge >= 0.3 is 0 Å². The number of nitrogens with one attached hydrogen (secondary N) is 2. The molecule has 0 bridgehead atoms. The van der Waals surface area contributed by atoms with Crippen molar-refractivity contribution in [2.75, 3.05) is 34.2 Å². The predicted octanol–water partition coefficient (Wildman–Crippen LogP) is 2.53. The molecule has 0 fully saturated rings. The number of rotatable bonds is 8. The van der Waals surface area contributed by atoms with Crippen LogP contribution in [0.5, 0.6) is 0 Å². The molecule has 0 aliphatic carbocycles. The molecule has 0 aliphatic heterocycles. The molecule has 0 saturated carbocycles. The summed E-state index contributed by atoms with van der Waals surface area (Å²) in [6.07, 6.45) is 3.20. The van der Waals surface area contributed by atoms with E-state index in [9.17, 15) is 4.79 Å². The summed E-state index contributed by atoms with van der Waals surface area (Å²) < 4.78 is 0. The number of carbonyl (C=O) groups excluding carboxylic acids is 1. The van der Waals surface area contributed by atoms with E-state index < -0.39 is 0 Å². The van der Waals surface area contributed by atoms with Crippen molar-refractivity contribution >= 4 is 11.9 Å². The highest BCUT2D eigenvalue weighted by Gasteiger charge is 2.08. The average Bonchev–Trinajstić information content (AvgIpc) is 2.60. The Morgan fingerprint density at radius 3 is 2.50 bits per heavy atom. The van der Waals surface area contributed by atoms with Crippen molar-refractivity contribution < 1.29 is 4.79 Å². The summed E-state index contributed by atoms with van der Waals surface area (Å²) in [5.74, 6) is 1.55. The number of aliphatic imine (C=N–C) groups is 1. The van der Waals surface area contributed by atoms with Crippen molar-refractivity contribution in [3.05, 3.63) is 35.4 Å². The molecular formula is C19H32N4O. The Kier molecular flexibility index (Phi) is 8.90. The fraction of sp³-hybridized carbons (Fsp3) is 0.579. The molecule has 5 nitrogen and oxygen atoms in total. The van der Waals surface area contributed by atoms with Crippen LogP contribution in [0.3, 0.4) is 0 Å². The molecule has 0 saturated heterocycles. The van der Waals surface area contributed by atoms with Gasteiger partial charge in [-0.15, -0.1) is 0 Å². The van der Waals surface area contributed by atoms with Gasteiger partial charge in [0.2, 0.25) is 0 Å². The van der Waals surface area contributed by atoms with Gasteiger partial charge in [-0.25, -0.2) is 0 Å². The Labute approximate surface area is 146 Å². The highest BCUT2D eigenvalue weighted by Crippen LogP contribution is 2.08. The predicted molar refractivity (Wildman–Crippen MR) is 102 cm³/mol. The lowest BCUT2D eigenvalue weighted by Gasteiger charge is -2.17. The van der Waals surface area contributed by atoms with Crippen molar-refractivity contribution in [1.82, 2.24) is 15.5 Å². The average molecular weight is 332 g/mol. The summed E-state index contributed by atoms with van der Waals surface area (Å²) in [7, 11) is 5.33. The van der Waals surface area contributed by atoms with E-state index in [0.717, 1.165) is 36.6 Å². The Hall–Kier alpha value is -2.04. The van der Waals surface area contributed by atoms with E-state index in [1.54, 1.807) is 26.0 Å². The van der Waals surface area contributed by atoms with Crippen LogP contribution in [0.1, 0.15) is 42.6 Å². The molecule has 24 heavy (non-hydrogen) atoms. The SMILES string of the molecule is CCC(CC)CNC(=NC)NCCc1cccc(C(=O)N(C)C)c1. The van der Waals surface area contributed by atoms with Crippen molar-refractivity contribution in [2.24, 2.45) is 10.9 Å². The number of amides is 1. The number of hydrogen-bond acceptors (Lipinski definition) is 2. The third kappa shape index (κ3) is 6.60. The van der Waals surface area contributed by atoms with E-state index in [1.807, 2.05) is 18.2 Å². The minimum absolute atomic E-state index is 0.0347. The zero-order valence-electron chi connectivity index (χ0n) is 15.7. The molecule has 1 amide bonds. The van der Waals surface area contributed by atoms with Gasteiger partial charge in [0.05, 0.1) is 0 Å². The van der Waals surface area contributed by atoms with E-state index in [4.69, 9.17) is 0 Å². The summed E-state index contributed by atoms with van der Waals surface area (Å²) in [6.45, 7) is 6.16. The summed E-state index contributed by atoms with van der Waals surface area (Å²) >= 11 is 0. The summed E-state index contributed by atoms with van der Waals surface area (Å²) in [5.41, 5.74) is 1.87. The second-order valence-corrected chi connectivity index (χ2v) is 6.21. The molecule has 2 N–H and O–H groups in total. The third-order valence-corrected chi connectivity index (χ3v) is 4.22. The second-order valence-electron chi connectivity index (χ2n) is 6.21. The molecule has 0 heterocycles. The van der Waals surface area contributed by atoms with Crippen molar-refractivity contribution in [3.63, 3.8) is 0 Å². The van der Waals surface area contributed by atoms with Gasteiger partial charge in [0.25, 0.3) is 5.91 Å². The maximum Gasteiger partial charge on any atom is 0.253 e. The summed E-state index contributed by atoms with van der Waals surface area (Å²) in [6, 6.07) is 7.81. The quantitative estimate of drug-likeness (QED) is 0.568. The minimum Gasteiger partial charge on any atom is -0.356 e. The van der Waals surface area contributed by atoms with E-state index in [-0.39, 0.29) is 5.91 Å². The van der Waals surface area contributed by atoms with E-state index in [1.165, 1.54) is 12.8 Å². The molecule has 0 unspecified atom stereocenters. The monoisotopic (exact) mass is 332 g/mol. The van der Waals surface area contributed by atoms with Gasteiger partial charge in [-0.1, -0.05) is 38.8 Å². The van der Waals surface area contributed by atoms with Gasteiger partial charge in [0.15, 0.2) is 5.96 Å². The molecule has 1 aromatic rings. The number of guanidine groups is 1. The van der Waals surface area contributed by atoms with Crippen LogP contribution in [0.25, 0.3) is 0 Å². The Balaban J connectivity index is 2.48. The van der Waals surface area contributed by atoms with E-state index >= 15 is 0 Å². The molecule has 0 aliphatic rings. The highest BCUT2D eigenvalue weighted by atomic mass is 16.2. The van der Waals surface area contributed by atoms with E-state index in [0.29, 0.717) is 5.92 Å². The molecule has 0 atom stereocenters. The van der Waals surface area contributed by atoms with Crippen LogP contribution >= 0.6 is 0 Å². The van der Waals surface area contributed by atoms with Crippen LogP contribution in [0.15, 0.2) is 29.3 Å². The van der Waals surface area contributed by atoms with Crippen molar-refractivity contribution in [3.8, 4) is 0 Å². The number of nitrogens with zero attached hydrogens (tertiary/aromatic N) is 2. The van der Waals surface area contributed by atoms with Crippen LogP contribution < -0.4 is 10.6 Å². The zero-order valence-corrected chi connectivity index (χ0v) is 15.7. The lowest BCUT2D eigenvalue weighted by molar-refractivity contribution is 0.0827. The fourth-order valence-electron chi connectivity index (χ4n) is 2.48. The molecule has 5 heteroatoms. The van der Waals surface area contributed by atoms with Crippen LogP contribution in [0.4, 0.5) is 0 Å². The smallest absolute Gasteiger partial charge is 0.253 e. The topological polar surface area (TPSA) is 56.7 Å². The molecule has 1 rings (SSSR count). The Morgan fingerprint density at radius 2 is 1.92 bits per heavy atom. The lowest BCUT2D eigenvalue weighted by atomic mass is 10.0. The van der Waals surface area contributed by atoms with Gasteiger partial charge in [-0.05, 0) is 30.0 Å². The molecular weight excluding hydrogens is 300 g/mol. The lowest BCUT2D eigenvalue weighted by Crippen LogP contribution is -2.40. The number of hydrogen-bond donors (Lipinski definition) is 2. The van der Waals surface area contributed by atoms with E-state index in [2.05, 4.69) is 35.5 Å². The molecule has 0 aromatic heterocycles. The molecule has 0 radical (unpaired) electrons. The Morgan fingerprint density at radius 1 is 1.21 bits per heavy atom. The van der Waals surface area contributed by atoms with Crippen molar-refractivity contribution in [1.29, 1.82) is 0 Å². The largest absolute Gasteiger partial charge is 0.356 e. The maximum absolute atomic E-state index is 12.0. The number of carbonyl (C=O) groups is 1. The van der Waals surface area contributed by atoms with Gasteiger partial charge in [0, 0.05) is 39.8 Å². The van der Waals surface area contributed by atoms with Crippen molar-refractivity contribution in [2.45, 2.75) is 33.1 Å². The van der Waals surface area contributed by atoms with Crippen LogP contribution in [0, 0.1) is 5.92 Å². The first kappa shape index (κ1) is 20.0.